The Morgan fingerprint density at radius 3 is 2.37 bits per heavy atom. The lowest BCUT2D eigenvalue weighted by atomic mass is 9.83. The van der Waals surface area contributed by atoms with E-state index in [0.717, 1.165) is 51.9 Å². The van der Waals surface area contributed by atoms with Gasteiger partial charge in [-0.25, -0.2) is 0 Å². The first kappa shape index (κ1) is 18.3. The Bertz CT molecular complexity index is 742. The Hall–Kier alpha value is -2.07. The van der Waals surface area contributed by atoms with Crippen LogP contribution in [0.4, 0.5) is 0 Å². The summed E-state index contributed by atoms with van der Waals surface area (Å²) in [7, 11) is 2.07. The van der Waals surface area contributed by atoms with E-state index in [1.807, 2.05) is 0 Å². The number of rotatable bonds is 6. The molecule has 1 amide bonds. The van der Waals surface area contributed by atoms with Gasteiger partial charge in [-0.2, -0.15) is 0 Å². The highest BCUT2D eigenvalue weighted by atomic mass is 16.2. The Morgan fingerprint density at radius 2 is 1.78 bits per heavy atom. The normalized spacial score (nSPS) is 19.0. The highest BCUT2D eigenvalue weighted by Gasteiger charge is 2.34. The third kappa shape index (κ3) is 4.27. The van der Waals surface area contributed by atoms with Crippen LogP contribution < -0.4 is 0 Å². The number of piperidine rings is 1. The standard InChI is InChI=1S/C23H31N3O/c1-24-14-6-11-22(24)18-26(23(27)20-9-5-10-20)21-12-15-25(16-13-21)17-19-7-3-2-4-8-19/h2-4,6-8,11,14,20-21H,5,9-10,12-13,15-18H2,1H3. The number of amides is 1. The van der Waals surface area contributed by atoms with Gasteiger partial charge in [-0.05, 0) is 43.4 Å². The van der Waals surface area contributed by atoms with Gasteiger partial charge in [0.2, 0.25) is 5.91 Å². The second-order valence-electron chi connectivity index (χ2n) is 8.20. The van der Waals surface area contributed by atoms with Gasteiger partial charge in [-0.1, -0.05) is 36.8 Å². The Balaban J connectivity index is 1.40. The van der Waals surface area contributed by atoms with Crippen LogP contribution in [0.15, 0.2) is 48.7 Å². The third-order valence-electron chi connectivity index (χ3n) is 6.37. The SMILES string of the molecule is Cn1cccc1CN(C(=O)C1CCC1)C1CCN(Cc2ccccc2)CC1. The lowest BCUT2D eigenvalue weighted by molar-refractivity contribution is -0.142. The van der Waals surface area contributed by atoms with Crippen LogP contribution in [0.25, 0.3) is 0 Å². The number of benzene rings is 1. The number of hydrogen-bond acceptors (Lipinski definition) is 2. The summed E-state index contributed by atoms with van der Waals surface area (Å²) < 4.78 is 2.14. The predicted octanol–water partition coefficient (Wildman–Crippen LogP) is 3.82. The molecule has 2 aromatic rings. The lowest BCUT2D eigenvalue weighted by Crippen LogP contribution is -2.49. The summed E-state index contributed by atoms with van der Waals surface area (Å²) >= 11 is 0. The molecule has 0 unspecified atom stereocenters. The molecule has 0 N–H and O–H groups in total. The summed E-state index contributed by atoms with van der Waals surface area (Å²) in [5.74, 6) is 0.663. The Kier molecular flexibility index (Phi) is 5.63. The fourth-order valence-corrected chi connectivity index (χ4v) is 4.34. The maximum Gasteiger partial charge on any atom is 0.226 e. The van der Waals surface area contributed by atoms with E-state index in [1.54, 1.807) is 0 Å². The van der Waals surface area contributed by atoms with E-state index in [0.29, 0.717) is 11.9 Å². The van der Waals surface area contributed by atoms with Crippen LogP contribution in [-0.4, -0.2) is 39.4 Å². The average Bonchev–Trinajstić information content (AvgIpc) is 3.04. The van der Waals surface area contributed by atoms with Crippen LogP contribution in [0, 0.1) is 5.92 Å². The molecule has 1 aromatic carbocycles. The molecular formula is C23H31N3O. The van der Waals surface area contributed by atoms with Gasteiger partial charge < -0.3 is 9.47 Å². The zero-order valence-corrected chi connectivity index (χ0v) is 16.4. The molecule has 0 radical (unpaired) electrons. The smallest absolute Gasteiger partial charge is 0.226 e. The number of aromatic nitrogens is 1. The van der Waals surface area contributed by atoms with E-state index in [2.05, 4.69) is 70.1 Å². The molecule has 4 rings (SSSR count). The van der Waals surface area contributed by atoms with E-state index in [1.165, 1.54) is 17.7 Å². The van der Waals surface area contributed by atoms with Crippen LogP contribution in [0.3, 0.4) is 0 Å². The zero-order valence-electron chi connectivity index (χ0n) is 16.4. The second-order valence-corrected chi connectivity index (χ2v) is 8.20. The van der Waals surface area contributed by atoms with Crippen LogP contribution in [0.2, 0.25) is 0 Å². The van der Waals surface area contributed by atoms with Crippen LogP contribution >= 0.6 is 0 Å². The summed E-state index contributed by atoms with van der Waals surface area (Å²) in [5.41, 5.74) is 2.61. The zero-order chi connectivity index (χ0) is 18.6. The first-order valence-corrected chi connectivity index (χ1v) is 10.4. The largest absolute Gasteiger partial charge is 0.353 e. The number of nitrogens with zero attached hydrogens (tertiary/aromatic N) is 3. The molecule has 1 aliphatic heterocycles. The van der Waals surface area contributed by atoms with Crippen molar-refractivity contribution in [2.75, 3.05) is 13.1 Å². The fraction of sp³-hybridized carbons (Fsp3) is 0.522. The van der Waals surface area contributed by atoms with Gasteiger partial charge in [0.15, 0.2) is 0 Å². The lowest BCUT2D eigenvalue weighted by Gasteiger charge is -2.41. The van der Waals surface area contributed by atoms with Gasteiger partial charge in [-0.15, -0.1) is 0 Å². The van der Waals surface area contributed by atoms with Crippen LogP contribution in [-0.2, 0) is 24.9 Å². The van der Waals surface area contributed by atoms with Gasteiger partial charge in [0, 0.05) is 50.5 Å². The molecule has 0 spiro atoms. The number of carbonyl (C=O) groups is 1. The van der Waals surface area contributed by atoms with Crippen molar-refractivity contribution in [2.45, 2.75) is 51.2 Å². The van der Waals surface area contributed by atoms with Crippen LogP contribution in [0.1, 0.15) is 43.4 Å². The number of aryl methyl sites for hydroxylation is 1. The first-order chi connectivity index (χ1) is 13.2. The summed E-state index contributed by atoms with van der Waals surface area (Å²) in [6.07, 6.45) is 7.60. The molecule has 27 heavy (non-hydrogen) atoms. The van der Waals surface area contributed by atoms with Crippen molar-refractivity contribution in [2.24, 2.45) is 13.0 Å². The monoisotopic (exact) mass is 365 g/mol. The van der Waals surface area contributed by atoms with Crippen molar-refractivity contribution in [1.82, 2.24) is 14.4 Å². The van der Waals surface area contributed by atoms with Gasteiger partial charge in [0.25, 0.3) is 0 Å². The molecule has 2 fully saturated rings. The maximum absolute atomic E-state index is 13.1. The molecule has 2 aliphatic rings. The van der Waals surface area contributed by atoms with Crippen molar-refractivity contribution >= 4 is 5.91 Å². The molecule has 144 valence electrons. The minimum atomic E-state index is 0.271. The number of likely N-dealkylation sites (tertiary alicyclic amines) is 1. The van der Waals surface area contributed by atoms with E-state index >= 15 is 0 Å². The molecule has 1 saturated heterocycles. The highest BCUT2D eigenvalue weighted by Crippen LogP contribution is 2.31. The van der Waals surface area contributed by atoms with Gasteiger partial charge in [-0.3, -0.25) is 9.69 Å². The van der Waals surface area contributed by atoms with Crippen molar-refractivity contribution < 1.29 is 4.79 Å². The predicted molar refractivity (Wildman–Crippen MR) is 108 cm³/mol. The maximum atomic E-state index is 13.1. The fourth-order valence-electron chi connectivity index (χ4n) is 4.34. The number of carbonyl (C=O) groups excluding carboxylic acids is 1. The molecule has 2 heterocycles. The van der Waals surface area contributed by atoms with Crippen molar-refractivity contribution in [3.8, 4) is 0 Å². The van der Waals surface area contributed by atoms with Crippen molar-refractivity contribution in [3.63, 3.8) is 0 Å². The van der Waals surface area contributed by atoms with Gasteiger partial charge in [0.05, 0.1) is 6.54 Å². The Morgan fingerprint density at radius 1 is 1.04 bits per heavy atom. The van der Waals surface area contributed by atoms with E-state index in [-0.39, 0.29) is 5.92 Å². The minimum absolute atomic E-state index is 0.271. The van der Waals surface area contributed by atoms with Gasteiger partial charge in [0.1, 0.15) is 0 Å². The highest BCUT2D eigenvalue weighted by molar-refractivity contribution is 5.80. The topological polar surface area (TPSA) is 28.5 Å². The molecule has 1 aromatic heterocycles. The second kappa shape index (κ2) is 8.30. The molecule has 0 bridgehead atoms. The third-order valence-corrected chi connectivity index (χ3v) is 6.37. The summed E-state index contributed by atoms with van der Waals surface area (Å²) in [6.45, 7) is 3.91. The summed E-state index contributed by atoms with van der Waals surface area (Å²) in [4.78, 5) is 17.9. The molecule has 1 saturated carbocycles. The van der Waals surface area contributed by atoms with Crippen LogP contribution in [0.5, 0.6) is 0 Å². The number of hydrogen-bond donors (Lipinski definition) is 0. The molecule has 4 nitrogen and oxygen atoms in total. The molecule has 4 heteroatoms. The van der Waals surface area contributed by atoms with Crippen molar-refractivity contribution in [1.29, 1.82) is 0 Å². The van der Waals surface area contributed by atoms with E-state index < -0.39 is 0 Å². The minimum Gasteiger partial charge on any atom is -0.353 e. The first-order valence-electron chi connectivity index (χ1n) is 10.4. The molecule has 1 aliphatic carbocycles. The van der Waals surface area contributed by atoms with Gasteiger partial charge >= 0.3 is 0 Å². The summed E-state index contributed by atoms with van der Waals surface area (Å²) in [5, 5.41) is 0. The molecule has 0 atom stereocenters. The molecular weight excluding hydrogens is 334 g/mol. The Labute approximate surface area is 162 Å². The average molecular weight is 366 g/mol. The van der Waals surface area contributed by atoms with E-state index in [4.69, 9.17) is 0 Å². The van der Waals surface area contributed by atoms with E-state index in [9.17, 15) is 4.79 Å². The van der Waals surface area contributed by atoms with Crippen molar-refractivity contribution in [3.05, 3.63) is 59.9 Å². The summed E-state index contributed by atoms with van der Waals surface area (Å²) in [6, 6.07) is 15.3. The quantitative estimate of drug-likeness (QED) is 0.779.